The first-order valence-electron chi connectivity index (χ1n) is 8.83. The van der Waals surface area contributed by atoms with E-state index in [0.29, 0.717) is 10.8 Å². The molecule has 8 heteroatoms. The molecule has 0 aliphatic heterocycles. The van der Waals surface area contributed by atoms with Crippen molar-refractivity contribution in [2.24, 2.45) is 0 Å². The Labute approximate surface area is 171 Å². The standard InChI is InChI=1S/C21H19N3O4S/c1-13(28-20(27)16-8-10-17(11-9-16)22-14(2)25)19(26)24-21-23-18(12-29-21)15-6-4-3-5-7-15/h3-13H,1-2H3,(H,22,25)(H,23,24,26)/t13-/m1/s1. The van der Waals surface area contributed by atoms with E-state index in [9.17, 15) is 14.4 Å². The number of thiazole rings is 1. The zero-order valence-electron chi connectivity index (χ0n) is 15.8. The predicted molar refractivity (Wildman–Crippen MR) is 112 cm³/mol. The van der Waals surface area contributed by atoms with E-state index in [2.05, 4.69) is 15.6 Å². The minimum absolute atomic E-state index is 0.205. The number of hydrogen-bond donors (Lipinski definition) is 2. The molecule has 148 valence electrons. The second-order valence-corrected chi connectivity index (χ2v) is 7.06. The van der Waals surface area contributed by atoms with Gasteiger partial charge in [0.05, 0.1) is 11.3 Å². The molecule has 0 saturated heterocycles. The highest BCUT2D eigenvalue weighted by Crippen LogP contribution is 2.24. The summed E-state index contributed by atoms with van der Waals surface area (Å²) in [5.41, 5.74) is 2.55. The third kappa shape index (κ3) is 5.49. The molecule has 0 saturated carbocycles. The van der Waals surface area contributed by atoms with Gasteiger partial charge >= 0.3 is 5.97 Å². The molecular weight excluding hydrogens is 390 g/mol. The zero-order valence-corrected chi connectivity index (χ0v) is 16.7. The minimum atomic E-state index is -0.999. The lowest BCUT2D eigenvalue weighted by molar-refractivity contribution is -0.123. The van der Waals surface area contributed by atoms with Crippen LogP contribution >= 0.6 is 11.3 Å². The molecule has 3 aromatic rings. The van der Waals surface area contributed by atoms with Crippen molar-refractivity contribution in [2.75, 3.05) is 10.6 Å². The van der Waals surface area contributed by atoms with E-state index in [1.807, 2.05) is 35.7 Å². The first kappa shape index (κ1) is 20.2. The predicted octanol–water partition coefficient (Wildman–Crippen LogP) is 3.95. The summed E-state index contributed by atoms with van der Waals surface area (Å²) in [7, 11) is 0. The summed E-state index contributed by atoms with van der Waals surface area (Å²) in [5, 5.41) is 7.55. The number of carbonyl (C=O) groups is 3. The van der Waals surface area contributed by atoms with Gasteiger partial charge in [0.1, 0.15) is 0 Å². The lowest BCUT2D eigenvalue weighted by Gasteiger charge is -2.12. The Morgan fingerprint density at radius 1 is 1.00 bits per heavy atom. The number of anilines is 2. The molecule has 3 rings (SSSR count). The summed E-state index contributed by atoms with van der Waals surface area (Å²) in [6, 6.07) is 15.8. The number of rotatable bonds is 6. The van der Waals surface area contributed by atoms with Crippen LogP contribution in [0.2, 0.25) is 0 Å². The van der Waals surface area contributed by atoms with Gasteiger partial charge < -0.3 is 10.1 Å². The van der Waals surface area contributed by atoms with Crippen molar-refractivity contribution in [1.29, 1.82) is 0 Å². The van der Waals surface area contributed by atoms with Crippen LogP contribution in [0.15, 0.2) is 60.0 Å². The molecule has 0 radical (unpaired) electrons. The average molecular weight is 409 g/mol. The van der Waals surface area contributed by atoms with Gasteiger partial charge in [-0.1, -0.05) is 30.3 Å². The normalized spacial score (nSPS) is 11.4. The molecule has 7 nitrogen and oxygen atoms in total. The molecule has 2 amide bonds. The lowest BCUT2D eigenvalue weighted by Crippen LogP contribution is -2.30. The number of nitrogens with one attached hydrogen (secondary N) is 2. The van der Waals surface area contributed by atoms with E-state index in [1.165, 1.54) is 37.3 Å². The van der Waals surface area contributed by atoms with Crippen LogP contribution in [0.1, 0.15) is 24.2 Å². The van der Waals surface area contributed by atoms with E-state index in [1.54, 1.807) is 12.1 Å². The number of carbonyl (C=O) groups excluding carboxylic acids is 3. The van der Waals surface area contributed by atoms with Gasteiger partial charge in [-0.05, 0) is 31.2 Å². The first-order valence-corrected chi connectivity index (χ1v) is 9.71. The van der Waals surface area contributed by atoms with Gasteiger partial charge in [-0.15, -0.1) is 11.3 Å². The van der Waals surface area contributed by atoms with Crippen molar-refractivity contribution in [2.45, 2.75) is 20.0 Å². The molecule has 2 aromatic carbocycles. The van der Waals surface area contributed by atoms with E-state index < -0.39 is 18.0 Å². The van der Waals surface area contributed by atoms with Crippen LogP contribution in [0, 0.1) is 0 Å². The highest BCUT2D eigenvalue weighted by Gasteiger charge is 2.20. The maximum absolute atomic E-state index is 12.3. The van der Waals surface area contributed by atoms with Crippen LogP contribution in [0.4, 0.5) is 10.8 Å². The SMILES string of the molecule is CC(=O)Nc1ccc(C(=O)O[C@H](C)C(=O)Nc2nc(-c3ccccc3)cs2)cc1. The number of ether oxygens (including phenoxy) is 1. The van der Waals surface area contributed by atoms with Crippen molar-refractivity contribution in [3.63, 3.8) is 0 Å². The molecular formula is C21H19N3O4S. The van der Waals surface area contributed by atoms with Gasteiger partial charge in [0.2, 0.25) is 5.91 Å². The van der Waals surface area contributed by atoms with Gasteiger partial charge in [0.15, 0.2) is 11.2 Å². The summed E-state index contributed by atoms with van der Waals surface area (Å²) in [6.07, 6.45) is -0.999. The fraction of sp³-hybridized carbons (Fsp3) is 0.143. The van der Waals surface area contributed by atoms with Crippen molar-refractivity contribution in [1.82, 2.24) is 4.98 Å². The summed E-state index contributed by atoms with van der Waals surface area (Å²) < 4.78 is 5.22. The number of aromatic nitrogens is 1. The topological polar surface area (TPSA) is 97.4 Å². The van der Waals surface area contributed by atoms with Crippen molar-refractivity contribution < 1.29 is 19.1 Å². The number of nitrogens with zero attached hydrogens (tertiary/aromatic N) is 1. The highest BCUT2D eigenvalue weighted by atomic mass is 32.1. The van der Waals surface area contributed by atoms with Crippen molar-refractivity contribution >= 4 is 39.9 Å². The quantitative estimate of drug-likeness (QED) is 0.601. The molecule has 1 atom stereocenters. The Kier molecular flexibility index (Phi) is 6.36. The van der Waals surface area contributed by atoms with E-state index in [4.69, 9.17) is 4.74 Å². The number of amides is 2. The monoisotopic (exact) mass is 409 g/mol. The summed E-state index contributed by atoms with van der Waals surface area (Å²) in [6.45, 7) is 2.89. The molecule has 0 bridgehead atoms. The Morgan fingerprint density at radius 3 is 2.34 bits per heavy atom. The second-order valence-electron chi connectivity index (χ2n) is 6.20. The molecule has 0 aliphatic carbocycles. The van der Waals surface area contributed by atoms with Gasteiger partial charge in [0.25, 0.3) is 5.91 Å². The Hall–Kier alpha value is -3.52. The van der Waals surface area contributed by atoms with Crippen LogP contribution in [0.5, 0.6) is 0 Å². The van der Waals surface area contributed by atoms with Crippen molar-refractivity contribution in [3.8, 4) is 11.3 Å². The van der Waals surface area contributed by atoms with Crippen LogP contribution < -0.4 is 10.6 Å². The fourth-order valence-corrected chi connectivity index (χ4v) is 3.18. The van der Waals surface area contributed by atoms with Crippen LogP contribution in [0.25, 0.3) is 11.3 Å². The molecule has 0 spiro atoms. The maximum Gasteiger partial charge on any atom is 0.338 e. The average Bonchev–Trinajstić information content (AvgIpc) is 3.17. The van der Waals surface area contributed by atoms with Crippen LogP contribution in [-0.4, -0.2) is 28.9 Å². The smallest absolute Gasteiger partial charge is 0.338 e. The van der Waals surface area contributed by atoms with Gasteiger partial charge in [0, 0.05) is 23.6 Å². The maximum atomic E-state index is 12.3. The van der Waals surface area contributed by atoms with Crippen LogP contribution in [0.3, 0.4) is 0 Å². The lowest BCUT2D eigenvalue weighted by atomic mass is 10.2. The second kappa shape index (κ2) is 9.11. The van der Waals surface area contributed by atoms with E-state index >= 15 is 0 Å². The molecule has 1 heterocycles. The molecule has 0 aliphatic rings. The molecule has 2 N–H and O–H groups in total. The van der Waals surface area contributed by atoms with Gasteiger partial charge in [-0.25, -0.2) is 9.78 Å². The Morgan fingerprint density at radius 2 is 1.69 bits per heavy atom. The zero-order chi connectivity index (χ0) is 20.8. The summed E-state index contributed by atoms with van der Waals surface area (Å²) in [5.74, 6) is -1.31. The molecule has 29 heavy (non-hydrogen) atoms. The van der Waals surface area contributed by atoms with Gasteiger partial charge in [-0.3, -0.25) is 14.9 Å². The van der Waals surface area contributed by atoms with Crippen LogP contribution in [-0.2, 0) is 14.3 Å². The largest absolute Gasteiger partial charge is 0.449 e. The number of benzene rings is 2. The minimum Gasteiger partial charge on any atom is -0.449 e. The third-order valence-electron chi connectivity index (χ3n) is 3.90. The first-order chi connectivity index (χ1) is 13.9. The molecule has 0 fully saturated rings. The Bertz CT molecular complexity index is 1020. The highest BCUT2D eigenvalue weighted by molar-refractivity contribution is 7.14. The molecule has 1 aromatic heterocycles. The summed E-state index contributed by atoms with van der Waals surface area (Å²) in [4.78, 5) is 40.0. The van der Waals surface area contributed by atoms with Gasteiger partial charge in [-0.2, -0.15) is 0 Å². The fourth-order valence-electron chi connectivity index (χ4n) is 2.45. The third-order valence-corrected chi connectivity index (χ3v) is 4.66. The van der Waals surface area contributed by atoms with E-state index in [0.717, 1.165) is 11.3 Å². The number of hydrogen-bond acceptors (Lipinski definition) is 6. The van der Waals surface area contributed by atoms with E-state index in [-0.39, 0.29) is 11.5 Å². The number of esters is 1. The Balaban J connectivity index is 1.57. The molecule has 0 unspecified atom stereocenters. The van der Waals surface area contributed by atoms with Crippen molar-refractivity contribution in [3.05, 3.63) is 65.5 Å². The summed E-state index contributed by atoms with van der Waals surface area (Å²) >= 11 is 1.29.